The Hall–Kier alpha value is -0.540. The van der Waals surface area contributed by atoms with Crippen molar-refractivity contribution in [3.8, 4) is 0 Å². The third-order valence-electron chi connectivity index (χ3n) is 3.67. The molecule has 0 spiro atoms. The van der Waals surface area contributed by atoms with Crippen LogP contribution < -0.4 is 5.32 Å². The minimum atomic E-state index is 0.640. The van der Waals surface area contributed by atoms with Gasteiger partial charge in [0.2, 0.25) is 0 Å². The molecule has 1 aromatic rings. The van der Waals surface area contributed by atoms with Crippen molar-refractivity contribution in [2.45, 2.75) is 65.0 Å². The van der Waals surface area contributed by atoms with Crippen LogP contribution >= 0.6 is 11.6 Å². The Bertz CT molecular complexity index is 375. The number of imidazole rings is 1. The molecule has 2 unspecified atom stereocenters. The molecular formula is C14H24ClN3. The molecule has 102 valence electrons. The zero-order valence-electron chi connectivity index (χ0n) is 11.4. The quantitative estimate of drug-likeness (QED) is 0.756. The van der Waals surface area contributed by atoms with Crippen molar-refractivity contribution >= 4 is 11.6 Å². The van der Waals surface area contributed by atoms with Gasteiger partial charge in [0.25, 0.3) is 0 Å². The van der Waals surface area contributed by atoms with Crippen molar-refractivity contribution in [3.05, 3.63) is 16.7 Å². The molecule has 3 nitrogen and oxygen atoms in total. The number of aromatic nitrogens is 2. The monoisotopic (exact) mass is 269 g/mol. The molecule has 18 heavy (non-hydrogen) atoms. The smallest absolute Gasteiger partial charge is 0.151 e. The predicted octanol–water partition coefficient (Wildman–Crippen LogP) is 3.68. The molecular weight excluding hydrogens is 246 g/mol. The van der Waals surface area contributed by atoms with Gasteiger partial charge in [0.1, 0.15) is 5.82 Å². The molecule has 0 aliphatic heterocycles. The van der Waals surface area contributed by atoms with Crippen LogP contribution in [0.15, 0.2) is 0 Å². The van der Waals surface area contributed by atoms with Gasteiger partial charge in [0.15, 0.2) is 5.15 Å². The Morgan fingerprint density at radius 2 is 2.22 bits per heavy atom. The molecule has 2 rings (SSSR count). The van der Waals surface area contributed by atoms with E-state index in [4.69, 9.17) is 11.6 Å². The summed E-state index contributed by atoms with van der Waals surface area (Å²) in [6.45, 7) is 5.26. The van der Waals surface area contributed by atoms with E-state index in [0.29, 0.717) is 11.2 Å². The van der Waals surface area contributed by atoms with Crippen LogP contribution in [0.5, 0.6) is 0 Å². The van der Waals surface area contributed by atoms with Crippen LogP contribution in [-0.2, 0) is 13.0 Å². The number of aryl methyl sites for hydroxylation is 1. The van der Waals surface area contributed by atoms with Gasteiger partial charge in [-0.1, -0.05) is 38.3 Å². The second kappa shape index (κ2) is 6.58. The number of hydrogen-bond acceptors (Lipinski definition) is 2. The van der Waals surface area contributed by atoms with Gasteiger partial charge in [0.05, 0.1) is 5.69 Å². The normalized spacial score (nSPS) is 22.4. The van der Waals surface area contributed by atoms with Crippen molar-refractivity contribution < 1.29 is 0 Å². The lowest BCUT2D eigenvalue weighted by molar-refractivity contribution is 0.594. The molecule has 1 saturated carbocycles. The number of nitrogens with one attached hydrogen (secondary N) is 2. The van der Waals surface area contributed by atoms with Gasteiger partial charge in [-0.05, 0) is 25.2 Å². The highest BCUT2D eigenvalue weighted by molar-refractivity contribution is 6.30. The highest BCUT2D eigenvalue weighted by atomic mass is 35.5. The van der Waals surface area contributed by atoms with Crippen LogP contribution in [0.4, 0.5) is 0 Å². The van der Waals surface area contributed by atoms with E-state index in [0.717, 1.165) is 36.8 Å². The molecule has 1 fully saturated rings. The van der Waals surface area contributed by atoms with E-state index in [1.54, 1.807) is 0 Å². The Morgan fingerprint density at radius 3 is 2.94 bits per heavy atom. The van der Waals surface area contributed by atoms with Gasteiger partial charge in [-0.2, -0.15) is 0 Å². The summed E-state index contributed by atoms with van der Waals surface area (Å²) < 4.78 is 0. The highest BCUT2D eigenvalue weighted by Gasteiger charge is 2.35. The summed E-state index contributed by atoms with van der Waals surface area (Å²) in [5, 5.41) is 4.20. The van der Waals surface area contributed by atoms with E-state index >= 15 is 0 Å². The maximum Gasteiger partial charge on any atom is 0.151 e. The van der Waals surface area contributed by atoms with Gasteiger partial charge in [0, 0.05) is 19.0 Å². The second-order valence-electron chi connectivity index (χ2n) is 5.33. The maximum absolute atomic E-state index is 6.14. The summed E-state index contributed by atoms with van der Waals surface area (Å²) in [5.74, 6) is 1.91. The molecule has 0 aromatic carbocycles. The molecule has 0 radical (unpaired) electrons. The summed E-state index contributed by atoms with van der Waals surface area (Å²) in [6, 6.07) is 0.698. The Balaban J connectivity index is 1.77. The first kappa shape index (κ1) is 13.9. The Morgan fingerprint density at radius 1 is 1.39 bits per heavy atom. The van der Waals surface area contributed by atoms with Crippen molar-refractivity contribution in [1.29, 1.82) is 0 Å². The lowest BCUT2D eigenvalue weighted by Gasteiger charge is -2.02. The van der Waals surface area contributed by atoms with E-state index in [1.807, 2.05) is 0 Å². The van der Waals surface area contributed by atoms with E-state index < -0.39 is 0 Å². The molecule has 4 heteroatoms. The summed E-state index contributed by atoms with van der Waals surface area (Å²) in [5.41, 5.74) is 1.05. The molecule has 2 N–H and O–H groups in total. The van der Waals surface area contributed by atoms with Crippen molar-refractivity contribution in [2.75, 3.05) is 0 Å². The lowest BCUT2D eigenvalue weighted by Crippen LogP contribution is -2.18. The predicted molar refractivity (Wildman–Crippen MR) is 75.9 cm³/mol. The van der Waals surface area contributed by atoms with Gasteiger partial charge < -0.3 is 10.3 Å². The van der Waals surface area contributed by atoms with Gasteiger partial charge in [-0.15, -0.1) is 0 Å². The average Bonchev–Trinajstić information content (AvgIpc) is 3.00. The number of halogens is 1. The minimum Gasteiger partial charge on any atom is -0.344 e. The van der Waals surface area contributed by atoms with E-state index in [1.165, 1.54) is 25.7 Å². The summed E-state index contributed by atoms with van der Waals surface area (Å²) in [4.78, 5) is 7.71. The van der Waals surface area contributed by atoms with Gasteiger partial charge in [-0.25, -0.2) is 4.98 Å². The largest absolute Gasteiger partial charge is 0.344 e. The topological polar surface area (TPSA) is 40.7 Å². The Labute approximate surface area is 115 Å². The van der Waals surface area contributed by atoms with Crippen molar-refractivity contribution in [2.24, 2.45) is 5.92 Å². The van der Waals surface area contributed by atoms with Crippen LogP contribution in [0.25, 0.3) is 0 Å². The first-order chi connectivity index (χ1) is 8.74. The number of nitrogens with zero attached hydrogens (tertiary/aromatic N) is 1. The zero-order chi connectivity index (χ0) is 13.0. The number of rotatable bonds is 8. The summed E-state index contributed by atoms with van der Waals surface area (Å²) in [6.07, 6.45) is 7.30. The molecule has 0 saturated heterocycles. The third-order valence-corrected chi connectivity index (χ3v) is 3.98. The fourth-order valence-corrected chi connectivity index (χ4v) is 2.66. The van der Waals surface area contributed by atoms with Crippen molar-refractivity contribution in [1.82, 2.24) is 15.3 Å². The molecule has 1 aliphatic rings. The van der Waals surface area contributed by atoms with Crippen molar-refractivity contribution in [3.63, 3.8) is 0 Å². The lowest BCUT2D eigenvalue weighted by atomic mass is 10.2. The second-order valence-corrected chi connectivity index (χ2v) is 5.69. The number of aromatic amines is 1. The van der Waals surface area contributed by atoms with Crippen LogP contribution in [-0.4, -0.2) is 16.0 Å². The van der Waals surface area contributed by atoms with E-state index in [2.05, 4.69) is 29.1 Å². The first-order valence-corrected chi connectivity index (χ1v) is 7.59. The Kier molecular flexibility index (Phi) is 5.07. The standard InChI is InChI=1S/C14H24ClN3/c1-3-5-7-13-17-12(14(15)18-13)9-16-11-8-10(11)6-4-2/h10-11,16H,3-9H2,1-2H3,(H,17,18). The molecule has 1 aromatic heterocycles. The summed E-state index contributed by atoms with van der Waals surface area (Å²) in [7, 11) is 0. The molecule has 0 bridgehead atoms. The number of hydrogen-bond donors (Lipinski definition) is 2. The number of unbranched alkanes of at least 4 members (excludes halogenated alkanes) is 1. The minimum absolute atomic E-state index is 0.640. The fourth-order valence-electron chi connectivity index (χ4n) is 2.44. The molecule has 2 atom stereocenters. The zero-order valence-corrected chi connectivity index (χ0v) is 12.2. The molecule has 0 amide bonds. The number of H-pyrrole nitrogens is 1. The molecule has 1 heterocycles. The van der Waals surface area contributed by atoms with Crippen LogP contribution in [0.2, 0.25) is 5.15 Å². The van der Waals surface area contributed by atoms with Crippen LogP contribution in [0.3, 0.4) is 0 Å². The maximum atomic E-state index is 6.14. The molecule has 1 aliphatic carbocycles. The average molecular weight is 270 g/mol. The van der Waals surface area contributed by atoms with E-state index in [-0.39, 0.29) is 0 Å². The fraction of sp³-hybridized carbons (Fsp3) is 0.786. The van der Waals surface area contributed by atoms with Gasteiger partial charge in [-0.3, -0.25) is 0 Å². The van der Waals surface area contributed by atoms with Gasteiger partial charge >= 0.3 is 0 Å². The highest BCUT2D eigenvalue weighted by Crippen LogP contribution is 2.34. The van der Waals surface area contributed by atoms with Crippen LogP contribution in [0.1, 0.15) is 57.5 Å². The first-order valence-electron chi connectivity index (χ1n) is 7.21. The third kappa shape index (κ3) is 3.72. The van der Waals surface area contributed by atoms with E-state index in [9.17, 15) is 0 Å². The summed E-state index contributed by atoms with van der Waals surface area (Å²) >= 11 is 6.14. The SMILES string of the molecule is CCCCc1nc(Cl)c(CNC2CC2CCC)[nH]1. The van der Waals surface area contributed by atoms with Crippen LogP contribution in [0, 0.1) is 5.92 Å².